The van der Waals surface area contributed by atoms with E-state index < -0.39 is 15.8 Å². The predicted molar refractivity (Wildman–Crippen MR) is 83.2 cm³/mol. The second-order valence-corrected chi connectivity index (χ2v) is 6.91. The zero-order valence-electron chi connectivity index (χ0n) is 11.0. The van der Waals surface area contributed by atoms with Crippen LogP contribution in [0.4, 0.5) is 4.39 Å². The summed E-state index contributed by atoms with van der Waals surface area (Å²) in [6.45, 7) is 1.86. The van der Waals surface area contributed by atoms with Gasteiger partial charge in [0.15, 0.2) is 0 Å². The molecule has 4 nitrogen and oxygen atoms in total. The Kier molecular flexibility index (Phi) is 4.74. The zero-order chi connectivity index (χ0) is 15.5. The highest BCUT2D eigenvalue weighted by Crippen LogP contribution is 2.14. The third-order valence-electron chi connectivity index (χ3n) is 2.67. The van der Waals surface area contributed by atoms with Crippen LogP contribution in [0.1, 0.15) is 11.1 Å². The van der Waals surface area contributed by atoms with Gasteiger partial charge in [-0.25, -0.2) is 9.22 Å². The molecule has 0 amide bonds. The molecular weight excluding hydrogens is 359 g/mol. The maximum Gasteiger partial charge on any atom is 0.276 e. The monoisotopic (exact) mass is 370 g/mol. The van der Waals surface area contributed by atoms with Crippen LogP contribution >= 0.6 is 15.9 Å². The molecule has 2 aromatic rings. The zero-order valence-corrected chi connectivity index (χ0v) is 13.4. The van der Waals surface area contributed by atoms with E-state index in [1.807, 2.05) is 11.8 Å². The van der Waals surface area contributed by atoms with Crippen molar-refractivity contribution in [2.45, 2.75) is 11.8 Å². The number of benzene rings is 2. The fourth-order valence-electron chi connectivity index (χ4n) is 1.54. The van der Waals surface area contributed by atoms with E-state index in [9.17, 15) is 12.8 Å². The van der Waals surface area contributed by atoms with Gasteiger partial charge in [0, 0.05) is 10.0 Å². The lowest BCUT2D eigenvalue weighted by atomic mass is 10.2. The summed E-state index contributed by atoms with van der Waals surface area (Å²) in [6.07, 6.45) is 1.12. The summed E-state index contributed by atoms with van der Waals surface area (Å²) in [7, 11) is -3.75. The molecule has 0 bridgehead atoms. The van der Waals surface area contributed by atoms with Crippen molar-refractivity contribution in [3.63, 3.8) is 0 Å². The molecule has 0 unspecified atom stereocenters. The number of nitrogens with zero attached hydrogens (tertiary/aromatic N) is 1. The number of nitrogens with one attached hydrogen (secondary N) is 1. The third kappa shape index (κ3) is 4.12. The second kappa shape index (κ2) is 6.36. The molecule has 0 saturated heterocycles. The molecule has 2 rings (SSSR count). The van der Waals surface area contributed by atoms with E-state index >= 15 is 0 Å². The van der Waals surface area contributed by atoms with Crippen molar-refractivity contribution in [2.75, 3.05) is 0 Å². The van der Waals surface area contributed by atoms with Crippen molar-refractivity contribution < 1.29 is 12.8 Å². The molecular formula is C14H12BrFN2O2S. The van der Waals surface area contributed by atoms with Gasteiger partial charge in [0.1, 0.15) is 5.82 Å². The van der Waals surface area contributed by atoms with Crippen LogP contribution < -0.4 is 4.83 Å². The molecule has 0 aromatic heterocycles. The summed E-state index contributed by atoms with van der Waals surface area (Å²) in [5.41, 5.74) is 1.14. The van der Waals surface area contributed by atoms with Crippen LogP contribution in [-0.4, -0.2) is 14.6 Å². The van der Waals surface area contributed by atoms with Gasteiger partial charge in [0.2, 0.25) is 0 Å². The second-order valence-electron chi connectivity index (χ2n) is 4.33. The lowest BCUT2D eigenvalue weighted by molar-refractivity contribution is 0.584. The fraction of sp³-hybridized carbons (Fsp3) is 0.0714. The molecule has 0 heterocycles. The molecule has 0 fully saturated rings. The SMILES string of the molecule is Cc1ccc(S(=O)(=O)N/N=C\c2ccc(Br)cc2F)cc1. The van der Waals surface area contributed by atoms with E-state index in [1.165, 1.54) is 24.3 Å². The van der Waals surface area contributed by atoms with Gasteiger partial charge >= 0.3 is 0 Å². The summed E-state index contributed by atoms with van der Waals surface area (Å²) in [4.78, 5) is 2.15. The Bertz CT molecular complexity index is 774. The van der Waals surface area contributed by atoms with Crippen LogP contribution in [-0.2, 0) is 10.0 Å². The minimum absolute atomic E-state index is 0.0986. The smallest absolute Gasteiger partial charge is 0.206 e. The number of halogens is 2. The first kappa shape index (κ1) is 15.7. The van der Waals surface area contributed by atoms with E-state index in [0.29, 0.717) is 4.47 Å². The van der Waals surface area contributed by atoms with Crippen molar-refractivity contribution in [3.8, 4) is 0 Å². The van der Waals surface area contributed by atoms with Crippen LogP contribution in [0.3, 0.4) is 0 Å². The third-order valence-corrected chi connectivity index (χ3v) is 4.40. The minimum Gasteiger partial charge on any atom is -0.206 e. The average Bonchev–Trinajstić information content (AvgIpc) is 2.41. The van der Waals surface area contributed by atoms with Gasteiger partial charge in [0.05, 0.1) is 11.1 Å². The number of hydrogen-bond donors (Lipinski definition) is 1. The standard InChI is InChI=1S/C14H12BrFN2O2S/c1-10-2-6-13(7-3-10)21(19,20)18-17-9-11-4-5-12(15)8-14(11)16/h2-9,18H,1H3/b17-9-. The molecule has 0 radical (unpaired) electrons. The number of aryl methyl sites for hydroxylation is 1. The molecule has 0 aliphatic rings. The predicted octanol–water partition coefficient (Wildman–Crippen LogP) is 3.21. The number of hydrazone groups is 1. The first-order valence-corrected chi connectivity index (χ1v) is 8.23. The summed E-state index contributed by atoms with van der Waals surface area (Å²) < 4.78 is 38.0. The maximum absolute atomic E-state index is 13.5. The molecule has 21 heavy (non-hydrogen) atoms. The number of hydrogen-bond acceptors (Lipinski definition) is 3. The molecule has 0 aliphatic carbocycles. The highest BCUT2D eigenvalue weighted by atomic mass is 79.9. The number of sulfonamides is 1. The van der Waals surface area contributed by atoms with Gasteiger partial charge < -0.3 is 0 Å². The summed E-state index contributed by atoms with van der Waals surface area (Å²) in [5, 5.41) is 3.58. The Morgan fingerprint density at radius 1 is 1.19 bits per heavy atom. The summed E-state index contributed by atoms with van der Waals surface area (Å²) in [6, 6.07) is 10.7. The molecule has 0 spiro atoms. The Labute approximate surface area is 130 Å². The van der Waals surface area contributed by atoms with Crippen molar-refractivity contribution >= 4 is 32.2 Å². The van der Waals surface area contributed by atoms with Crippen molar-refractivity contribution in [3.05, 3.63) is 63.9 Å². The van der Waals surface area contributed by atoms with Crippen LogP contribution in [0.2, 0.25) is 0 Å². The largest absolute Gasteiger partial charge is 0.276 e. The van der Waals surface area contributed by atoms with Crippen molar-refractivity contribution in [1.29, 1.82) is 0 Å². The van der Waals surface area contributed by atoms with E-state index in [2.05, 4.69) is 21.0 Å². The Balaban J connectivity index is 2.14. The van der Waals surface area contributed by atoms with Crippen LogP contribution in [0.5, 0.6) is 0 Å². The summed E-state index contributed by atoms with van der Waals surface area (Å²) in [5.74, 6) is -0.498. The van der Waals surface area contributed by atoms with E-state index in [4.69, 9.17) is 0 Å². The minimum atomic E-state index is -3.75. The van der Waals surface area contributed by atoms with Gasteiger partial charge in [0.25, 0.3) is 10.0 Å². The molecule has 7 heteroatoms. The van der Waals surface area contributed by atoms with Gasteiger partial charge in [-0.2, -0.15) is 13.5 Å². The molecule has 2 aromatic carbocycles. The summed E-state index contributed by atoms with van der Waals surface area (Å²) >= 11 is 3.14. The van der Waals surface area contributed by atoms with Gasteiger partial charge in [-0.05, 0) is 37.3 Å². The lowest BCUT2D eigenvalue weighted by Crippen LogP contribution is -2.18. The lowest BCUT2D eigenvalue weighted by Gasteiger charge is -2.03. The van der Waals surface area contributed by atoms with Crippen molar-refractivity contribution in [1.82, 2.24) is 4.83 Å². The van der Waals surface area contributed by atoms with Crippen LogP contribution in [0, 0.1) is 12.7 Å². The van der Waals surface area contributed by atoms with E-state index in [0.717, 1.165) is 11.8 Å². The van der Waals surface area contributed by atoms with E-state index in [-0.39, 0.29) is 10.5 Å². The Hall–Kier alpha value is -1.73. The van der Waals surface area contributed by atoms with Gasteiger partial charge in [-0.3, -0.25) is 0 Å². The number of rotatable bonds is 4. The molecule has 0 atom stereocenters. The molecule has 1 N–H and O–H groups in total. The van der Waals surface area contributed by atoms with Crippen LogP contribution in [0.25, 0.3) is 0 Å². The van der Waals surface area contributed by atoms with Gasteiger partial charge in [-0.15, -0.1) is 0 Å². The highest BCUT2D eigenvalue weighted by molar-refractivity contribution is 9.10. The van der Waals surface area contributed by atoms with E-state index in [1.54, 1.807) is 18.2 Å². The molecule has 0 aliphatic heterocycles. The molecule has 0 saturated carbocycles. The maximum atomic E-state index is 13.5. The first-order valence-electron chi connectivity index (χ1n) is 5.95. The fourth-order valence-corrected chi connectivity index (χ4v) is 2.67. The van der Waals surface area contributed by atoms with Crippen LogP contribution in [0.15, 0.2) is 56.9 Å². The normalized spacial score (nSPS) is 11.8. The average molecular weight is 371 g/mol. The molecule has 110 valence electrons. The van der Waals surface area contributed by atoms with Gasteiger partial charge in [-0.1, -0.05) is 33.6 Å². The van der Waals surface area contributed by atoms with Crippen molar-refractivity contribution in [2.24, 2.45) is 5.10 Å². The topological polar surface area (TPSA) is 58.5 Å². The quantitative estimate of drug-likeness (QED) is 0.663. The first-order chi connectivity index (χ1) is 9.88. The highest BCUT2D eigenvalue weighted by Gasteiger charge is 2.11. The Morgan fingerprint density at radius 3 is 2.48 bits per heavy atom. The Morgan fingerprint density at radius 2 is 1.86 bits per heavy atom.